The van der Waals surface area contributed by atoms with Gasteiger partial charge in [-0.25, -0.2) is 4.79 Å². The van der Waals surface area contributed by atoms with Crippen LogP contribution < -0.4 is 5.69 Å². The summed E-state index contributed by atoms with van der Waals surface area (Å²) < 4.78 is 1.84. The van der Waals surface area contributed by atoms with Crippen molar-refractivity contribution in [1.82, 2.24) is 14.5 Å². The van der Waals surface area contributed by atoms with E-state index < -0.39 is 0 Å². The number of para-hydroxylation sites is 2. The van der Waals surface area contributed by atoms with Crippen molar-refractivity contribution in [3.63, 3.8) is 0 Å². The Hall–Kier alpha value is -2.04. The summed E-state index contributed by atoms with van der Waals surface area (Å²) in [7, 11) is 0. The summed E-state index contributed by atoms with van der Waals surface area (Å²) >= 11 is 0. The van der Waals surface area contributed by atoms with E-state index in [1.807, 2.05) is 61.4 Å². The van der Waals surface area contributed by atoms with Crippen molar-refractivity contribution in [3.05, 3.63) is 34.7 Å². The molecule has 23 heavy (non-hydrogen) atoms. The fourth-order valence-electron chi connectivity index (χ4n) is 2.88. The molecule has 128 valence electrons. The molecule has 1 fully saturated rings. The molecule has 0 saturated carbocycles. The third-order valence-corrected chi connectivity index (χ3v) is 3.90. The molecule has 3 rings (SSSR count). The molecule has 1 saturated heterocycles. The number of aromatic amines is 1. The van der Waals surface area contributed by atoms with Crippen LogP contribution in [0.1, 0.15) is 53.5 Å². The summed E-state index contributed by atoms with van der Waals surface area (Å²) in [6.45, 7) is 11.1. The number of nitrogens with one attached hydrogen (secondary N) is 1. The number of H-pyrrole nitrogens is 1. The van der Waals surface area contributed by atoms with Crippen LogP contribution in [-0.4, -0.2) is 33.4 Å². The predicted molar refractivity (Wildman–Crippen MR) is 95.8 cm³/mol. The van der Waals surface area contributed by atoms with Crippen LogP contribution in [0.5, 0.6) is 0 Å². The maximum absolute atomic E-state index is 12.1. The topological polar surface area (TPSA) is 58.1 Å². The Morgan fingerprint density at radius 3 is 2.22 bits per heavy atom. The van der Waals surface area contributed by atoms with Gasteiger partial charge in [-0.1, -0.05) is 39.8 Å². The normalized spacial score (nSPS) is 14.6. The lowest BCUT2D eigenvalue weighted by atomic mass is 10.0. The van der Waals surface area contributed by atoms with Crippen molar-refractivity contribution in [3.8, 4) is 0 Å². The van der Waals surface area contributed by atoms with Gasteiger partial charge in [0.05, 0.1) is 11.0 Å². The van der Waals surface area contributed by atoms with Gasteiger partial charge in [0.25, 0.3) is 0 Å². The average molecular weight is 319 g/mol. The second-order valence-corrected chi connectivity index (χ2v) is 5.05. The van der Waals surface area contributed by atoms with Crippen LogP contribution in [0.3, 0.4) is 0 Å². The number of carbonyl (C=O) groups excluding carboxylic acids is 1. The van der Waals surface area contributed by atoms with Crippen molar-refractivity contribution >= 4 is 16.9 Å². The standard InChI is InChI=1S/C14H17N3O2.2C2H6/c1-10(18)16-8-6-11(7-9-16)17-13-5-3-2-4-12(13)15-14(17)19;2*1-2/h2-5,11H,6-9H2,1H3,(H,15,19);2*1-2H3. The van der Waals surface area contributed by atoms with E-state index in [-0.39, 0.29) is 17.6 Å². The number of hydrogen-bond acceptors (Lipinski definition) is 2. The number of amides is 1. The van der Waals surface area contributed by atoms with Crippen molar-refractivity contribution in [2.24, 2.45) is 0 Å². The number of rotatable bonds is 1. The van der Waals surface area contributed by atoms with Crippen LogP contribution in [0.4, 0.5) is 0 Å². The van der Waals surface area contributed by atoms with Gasteiger partial charge >= 0.3 is 5.69 Å². The number of nitrogens with zero attached hydrogens (tertiary/aromatic N) is 2. The Morgan fingerprint density at radius 2 is 1.65 bits per heavy atom. The lowest BCUT2D eigenvalue weighted by molar-refractivity contribution is -0.130. The zero-order valence-corrected chi connectivity index (χ0v) is 14.9. The molecule has 0 bridgehead atoms. The van der Waals surface area contributed by atoms with E-state index in [4.69, 9.17) is 0 Å². The maximum atomic E-state index is 12.1. The minimum Gasteiger partial charge on any atom is -0.343 e. The van der Waals surface area contributed by atoms with Crippen LogP contribution in [0.15, 0.2) is 29.1 Å². The molecule has 1 aromatic carbocycles. The van der Waals surface area contributed by atoms with Gasteiger partial charge in [0, 0.05) is 26.1 Å². The highest BCUT2D eigenvalue weighted by molar-refractivity contribution is 5.75. The summed E-state index contributed by atoms with van der Waals surface area (Å²) in [5.74, 6) is 0.115. The summed E-state index contributed by atoms with van der Waals surface area (Å²) in [4.78, 5) is 28.1. The summed E-state index contributed by atoms with van der Waals surface area (Å²) in [5.41, 5.74) is 1.78. The van der Waals surface area contributed by atoms with Gasteiger partial charge in [0.1, 0.15) is 0 Å². The Kier molecular flexibility index (Phi) is 7.59. The first-order valence-electron chi connectivity index (χ1n) is 8.61. The molecule has 1 aliphatic rings. The highest BCUT2D eigenvalue weighted by atomic mass is 16.2. The van der Waals surface area contributed by atoms with E-state index in [1.165, 1.54) is 0 Å². The maximum Gasteiger partial charge on any atom is 0.326 e. The van der Waals surface area contributed by atoms with Crippen molar-refractivity contribution in [2.45, 2.75) is 53.5 Å². The molecule has 2 aromatic rings. The fourth-order valence-corrected chi connectivity index (χ4v) is 2.88. The van der Waals surface area contributed by atoms with E-state index in [1.54, 1.807) is 6.92 Å². The molecule has 0 radical (unpaired) electrons. The van der Waals surface area contributed by atoms with Gasteiger partial charge in [-0.05, 0) is 25.0 Å². The van der Waals surface area contributed by atoms with E-state index in [0.717, 1.165) is 37.0 Å². The summed E-state index contributed by atoms with van der Waals surface area (Å²) in [5, 5.41) is 0. The molecular formula is C18H29N3O2. The molecular weight excluding hydrogens is 290 g/mol. The second-order valence-electron chi connectivity index (χ2n) is 5.05. The first-order chi connectivity index (χ1) is 11.2. The third-order valence-electron chi connectivity index (χ3n) is 3.90. The monoisotopic (exact) mass is 319 g/mol. The highest BCUT2D eigenvalue weighted by Crippen LogP contribution is 2.24. The van der Waals surface area contributed by atoms with Crippen LogP contribution in [0.25, 0.3) is 11.0 Å². The van der Waals surface area contributed by atoms with Gasteiger partial charge in [-0.3, -0.25) is 9.36 Å². The molecule has 2 heterocycles. The van der Waals surface area contributed by atoms with Crippen molar-refractivity contribution in [2.75, 3.05) is 13.1 Å². The van der Waals surface area contributed by atoms with E-state index in [9.17, 15) is 9.59 Å². The number of fused-ring (bicyclic) bond motifs is 1. The second kappa shape index (κ2) is 9.18. The average Bonchev–Trinajstić information content (AvgIpc) is 2.94. The van der Waals surface area contributed by atoms with Gasteiger partial charge in [0.15, 0.2) is 0 Å². The number of likely N-dealkylation sites (tertiary alicyclic amines) is 1. The number of carbonyl (C=O) groups is 1. The Bertz CT molecular complexity index is 664. The van der Waals surface area contributed by atoms with Crippen molar-refractivity contribution < 1.29 is 4.79 Å². The molecule has 0 aliphatic carbocycles. The molecule has 0 atom stereocenters. The van der Waals surface area contributed by atoms with Gasteiger partial charge in [-0.2, -0.15) is 0 Å². The summed E-state index contributed by atoms with van der Waals surface area (Å²) in [6, 6.07) is 7.92. The van der Waals surface area contributed by atoms with Crippen molar-refractivity contribution in [1.29, 1.82) is 0 Å². The van der Waals surface area contributed by atoms with Gasteiger partial charge < -0.3 is 9.88 Å². The summed E-state index contributed by atoms with van der Waals surface area (Å²) in [6.07, 6.45) is 1.67. The Balaban J connectivity index is 0.000000615. The minimum absolute atomic E-state index is 0.0533. The lowest BCUT2D eigenvalue weighted by Crippen LogP contribution is -2.39. The van der Waals surface area contributed by atoms with Crippen LogP contribution in [0.2, 0.25) is 0 Å². The van der Waals surface area contributed by atoms with Crippen LogP contribution in [-0.2, 0) is 4.79 Å². The number of imidazole rings is 1. The van der Waals surface area contributed by atoms with Crippen LogP contribution >= 0.6 is 0 Å². The van der Waals surface area contributed by atoms with Gasteiger partial charge in [0.2, 0.25) is 5.91 Å². The SMILES string of the molecule is CC.CC.CC(=O)N1CCC(n2c(=O)[nH]c3ccccc32)CC1. The first-order valence-corrected chi connectivity index (χ1v) is 8.61. The molecule has 0 unspecified atom stereocenters. The molecule has 1 aliphatic heterocycles. The minimum atomic E-state index is -0.0533. The van der Waals surface area contributed by atoms with E-state index in [0.29, 0.717) is 0 Å². The number of hydrogen-bond donors (Lipinski definition) is 1. The number of benzene rings is 1. The third kappa shape index (κ3) is 4.24. The lowest BCUT2D eigenvalue weighted by Gasteiger charge is -2.31. The zero-order chi connectivity index (χ0) is 17.4. The molecule has 5 heteroatoms. The Labute approximate surface area is 138 Å². The number of aromatic nitrogens is 2. The first kappa shape index (κ1) is 19.0. The van der Waals surface area contributed by atoms with E-state index in [2.05, 4.69) is 4.98 Å². The van der Waals surface area contributed by atoms with Crippen LogP contribution in [0, 0.1) is 0 Å². The largest absolute Gasteiger partial charge is 0.343 e. The smallest absolute Gasteiger partial charge is 0.326 e. The molecule has 1 amide bonds. The predicted octanol–water partition coefficient (Wildman–Crippen LogP) is 3.57. The van der Waals surface area contributed by atoms with Gasteiger partial charge in [-0.15, -0.1) is 0 Å². The Morgan fingerprint density at radius 1 is 1.09 bits per heavy atom. The molecule has 5 nitrogen and oxygen atoms in total. The zero-order valence-electron chi connectivity index (χ0n) is 14.9. The molecule has 0 spiro atoms. The molecule has 1 aromatic heterocycles. The number of piperidine rings is 1. The highest BCUT2D eigenvalue weighted by Gasteiger charge is 2.24. The van der Waals surface area contributed by atoms with E-state index >= 15 is 0 Å². The quantitative estimate of drug-likeness (QED) is 0.873. The molecule has 1 N–H and O–H groups in total. The fraction of sp³-hybridized carbons (Fsp3) is 0.556.